The van der Waals surface area contributed by atoms with Gasteiger partial charge in [0, 0.05) is 17.7 Å². The number of hydrogen-bond acceptors (Lipinski definition) is 4. The van der Waals surface area contributed by atoms with Crippen LogP contribution in [0.25, 0.3) is 17.4 Å². The topological polar surface area (TPSA) is 33.5 Å². The number of nitrogens with zero attached hydrogens (tertiary/aromatic N) is 1. The number of aryl methyl sites for hydroxylation is 1. The summed E-state index contributed by atoms with van der Waals surface area (Å²) in [5, 5.41) is 0. The van der Waals surface area contributed by atoms with Gasteiger partial charge in [-0.15, -0.1) is 0 Å². The van der Waals surface area contributed by atoms with Gasteiger partial charge in [-0.2, -0.15) is 0 Å². The lowest BCUT2D eigenvalue weighted by Crippen LogP contribution is -2.36. The molecule has 2 fully saturated rings. The van der Waals surface area contributed by atoms with Gasteiger partial charge in [-0.05, 0) is 31.9 Å². The Morgan fingerprint density at radius 2 is 1.88 bits per heavy atom. The highest BCUT2D eigenvalue weighted by molar-refractivity contribution is 8.26. The Bertz CT molecular complexity index is 845. The maximum absolute atomic E-state index is 12.7. The first-order valence-corrected chi connectivity index (χ1v) is 9.78. The van der Waals surface area contributed by atoms with Crippen molar-refractivity contribution in [3.8, 4) is 11.3 Å². The van der Waals surface area contributed by atoms with Crippen LogP contribution < -0.4 is 0 Å². The molecule has 0 radical (unpaired) electrons. The molecule has 1 aromatic carbocycles. The Balaban J connectivity index is 1.56. The number of amides is 1. The normalized spacial score (nSPS) is 20.2. The third kappa shape index (κ3) is 3.31. The largest absolute Gasteiger partial charge is 0.457 e. The van der Waals surface area contributed by atoms with Gasteiger partial charge in [0.2, 0.25) is 0 Å². The van der Waals surface area contributed by atoms with Crippen molar-refractivity contribution in [1.29, 1.82) is 0 Å². The van der Waals surface area contributed by atoms with Crippen LogP contribution in [0.1, 0.15) is 37.0 Å². The molecule has 128 valence electrons. The molecule has 25 heavy (non-hydrogen) atoms. The molecule has 0 N–H and O–H groups in total. The first-order chi connectivity index (χ1) is 12.1. The van der Waals surface area contributed by atoms with Gasteiger partial charge in [-0.3, -0.25) is 9.69 Å². The van der Waals surface area contributed by atoms with Crippen LogP contribution in [0.3, 0.4) is 0 Å². The van der Waals surface area contributed by atoms with Crippen LogP contribution in [-0.4, -0.2) is 21.2 Å². The zero-order valence-electron chi connectivity index (χ0n) is 14.0. The molecule has 5 heteroatoms. The third-order valence-electron chi connectivity index (χ3n) is 4.75. The van der Waals surface area contributed by atoms with E-state index in [1.165, 1.54) is 30.2 Å². The van der Waals surface area contributed by atoms with Gasteiger partial charge < -0.3 is 4.42 Å². The Hall–Kier alpha value is -1.85. The van der Waals surface area contributed by atoms with Gasteiger partial charge >= 0.3 is 0 Å². The Kier molecular flexibility index (Phi) is 4.52. The number of carbonyl (C=O) groups is 1. The lowest BCUT2D eigenvalue weighted by Gasteiger charge is -2.21. The monoisotopic (exact) mass is 369 g/mol. The molecular weight excluding hydrogens is 350 g/mol. The summed E-state index contributed by atoms with van der Waals surface area (Å²) >= 11 is 6.82. The highest BCUT2D eigenvalue weighted by Crippen LogP contribution is 2.38. The fourth-order valence-electron chi connectivity index (χ4n) is 3.39. The fourth-order valence-corrected chi connectivity index (χ4v) is 4.77. The molecule has 3 nitrogen and oxygen atoms in total. The molecule has 1 aliphatic carbocycles. The van der Waals surface area contributed by atoms with Gasteiger partial charge in [-0.25, -0.2) is 0 Å². The van der Waals surface area contributed by atoms with Gasteiger partial charge in [0.1, 0.15) is 15.8 Å². The second kappa shape index (κ2) is 6.81. The molecule has 4 rings (SSSR count). The average molecular weight is 370 g/mol. The molecule has 2 aliphatic rings. The number of rotatable bonds is 3. The number of furan rings is 1. The van der Waals surface area contributed by atoms with Crippen molar-refractivity contribution in [3.63, 3.8) is 0 Å². The maximum Gasteiger partial charge on any atom is 0.266 e. The van der Waals surface area contributed by atoms with Crippen molar-refractivity contribution in [1.82, 2.24) is 4.90 Å². The van der Waals surface area contributed by atoms with Crippen LogP contribution >= 0.6 is 24.0 Å². The number of thioether (sulfide) groups is 1. The lowest BCUT2D eigenvalue weighted by atomic mass is 10.1. The standard InChI is InChI=1S/C20H19NO2S2/c1-13-6-8-14(9-7-13)17-11-10-16(23-17)12-18-19(22)21(20(24)25-18)15-4-2-3-5-15/h6-12,15H,2-5H2,1H3/b18-12+. The molecular formula is C20H19NO2S2. The molecule has 0 atom stereocenters. The third-order valence-corrected chi connectivity index (χ3v) is 6.08. The number of hydrogen-bond donors (Lipinski definition) is 0. The predicted octanol–water partition coefficient (Wildman–Crippen LogP) is 5.40. The quantitative estimate of drug-likeness (QED) is 0.536. The van der Waals surface area contributed by atoms with Gasteiger partial charge in [-0.1, -0.05) is 66.7 Å². The lowest BCUT2D eigenvalue weighted by molar-refractivity contribution is -0.123. The fraction of sp³-hybridized carbons (Fsp3) is 0.300. The molecule has 1 saturated heterocycles. The summed E-state index contributed by atoms with van der Waals surface area (Å²) in [5.74, 6) is 1.51. The number of carbonyl (C=O) groups excluding carboxylic acids is 1. The van der Waals surface area contributed by atoms with E-state index in [4.69, 9.17) is 16.6 Å². The number of thiocarbonyl (C=S) groups is 1. The van der Waals surface area contributed by atoms with E-state index in [9.17, 15) is 4.79 Å². The SMILES string of the molecule is Cc1ccc(-c2ccc(/C=C3/SC(=S)N(C4CCCC4)C3=O)o2)cc1. The van der Waals surface area contributed by atoms with E-state index < -0.39 is 0 Å². The smallest absolute Gasteiger partial charge is 0.266 e. The van der Waals surface area contributed by atoms with E-state index in [-0.39, 0.29) is 11.9 Å². The van der Waals surface area contributed by atoms with Gasteiger partial charge in [0.05, 0.1) is 4.91 Å². The molecule has 1 saturated carbocycles. The summed E-state index contributed by atoms with van der Waals surface area (Å²) in [7, 11) is 0. The summed E-state index contributed by atoms with van der Waals surface area (Å²) in [4.78, 5) is 15.2. The first-order valence-electron chi connectivity index (χ1n) is 8.56. The molecule has 0 unspecified atom stereocenters. The average Bonchev–Trinajstić information content (AvgIpc) is 3.31. The molecule has 1 aliphatic heterocycles. The molecule has 0 spiro atoms. The molecule has 0 bridgehead atoms. The van der Waals surface area contributed by atoms with E-state index in [0.717, 1.165) is 24.2 Å². The Morgan fingerprint density at radius 3 is 2.60 bits per heavy atom. The van der Waals surface area contributed by atoms with Crippen LogP contribution in [0.4, 0.5) is 0 Å². The van der Waals surface area contributed by atoms with Crippen molar-refractivity contribution in [3.05, 3.63) is 52.6 Å². The molecule has 2 heterocycles. The van der Waals surface area contributed by atoms with Crippen LogP contribution in [0.2, 0.25) is 0 Å². The molecule has 1 aromatic heterocycles. The zero-order valence-corrected chi connectivity index (χ0v) is 15.7. The molecule has 1 amide bonds. The van der Waals surface area contributed by atoms with Gasteiger partial charge in [0.15, 0.2) is 0 Å². The Labute approximate surface area is 157 Å². The summed E-state index contributed by atoms with van der Waals surface area (Å²) < 4.78 is 6.59. The van der Waals surface area contributed by atoms with Crippen molar-refractivity contribution >= 4 is 40.3 Å². The summed E-state index contributed by atoms with van der Waals surface area (Å²) in [6, 6.07) is 12.3. The van der Waals surface area contributed by atoms with Gasteiger partial charge in [0.25, 0.3) is 5.91 Å². The molecule has 2 aromatic rings. The van der Waals surface area contributed by atoms with E-state index in [0.29, 0.717) is 15.0 Å². The maximum atomic E-state index is 12.7. The minimum Gasteiger partial charge on any atom is -0.457 e. The van der Waals surface area contributed by atoms with Crippen LogP contribution in [0.15, 0.2) is 45.7 Å². The zero-order chi connectivity index (χ0) is 17.4. The second-order valence-corrected chi connectivity index (χ2v) is 8.23. The van der Waals surface area contributed by atoms with E-state index >= 15 is 0 Å². The van der Waals surface area contributed by atoms with Crippen LogP contribution in [0.5, 0.6) is 0 Å². The summed E-state index contributed by atoms with van der Waals surface area (Å²) in [6.45, 7) is 2.06. The number of benzene rings is 1. The van der Waals surface area contributed by atoms with E-state index in [1.54, 1.807) is 0 Å². The van der Waals surface area contributed by atoms with Crippen molar-refractivity contribution in [2.75, 3.05) is 0 Å². The minimum absolute atomic E-state index is 0.0233. The summed E-state index contributed by atoms with van der Waals surface area (Å²) in [6.07, 6.45) is 6.28. The van der Waals surface area contributed by atoms with E-state index in [1.807, 2.05) is 35.2 Å². The summed E-state index contributed by atoms with van der Waals surface area (Å²) in [5.41, 5.74) is 2.25. The second-order valence-electron chi connectivity index (χ2n) is 6.56. The first kappa shape index (κ1) is 16.6. The van der Waals surface area contributed by atoms with Crippen LogP contribution in [0, 0.1) is 6.92 Å². The minimum atomic E-state index is 0.0233. The Morgan fingerprint density at radius 1 is 1.16 bits per heavy atom. The van der Waals surface area contributed by atoms with E-state index in [2.05, 4.69) is 19.1 Å². The van der Waals surface area contributed by atoms with Crippen molar-refractivity contribution < 1.29 is 9.21 Å². The highest BCUT2D eigenvalue weighted by Gasteiger charge is 2.38. The van der Waals surface area contributed by atoms with Crippen LogP contribution in [-0.2, 0) is 4.79 Å². The van der Waals surface area contributed by atoms with Crippen molar-refractivity contribution in [2.24, 2.45) is 0 Å². The van der Waals surface area contributed by atoms with Crippen molar-refractivity contribution in [2.45, 2.75) is 38.6 Å². The predicted molar refractivity (Wildman–Crippen MR) is 106 cm³/mol. The highest BCUT2D eigenvalue weighted by atomic mass is 32.2.